The molecule has 1 saturated heterocycles. The number of likely N-dealkylation sites (tertiary alicyclic amines) is 1. The second-order valence-electron chi connectivity index (χ2n) is 7.56. The normalized spacial score (nSPS) is 25.2. The van der Waals surface area contributed by atoms with Crippen LogP contribution in [0, 0.1) is 25.2 Å². The van der Waals surface area contributed by atoms with E-state index in [1.807, 2.05) is 6.92 Å². The van der Waals surface area contributed by atoms with E-state index < -0.39 is 0 Å². The molecule has 2 aromatic heterocycles. The monoisotopic (exact) mass is 369 g/mol. The largest absolute Gasteiger partial charge is 0.439 e. The smallest absolute Gasteiger partial charge is 0.205 e. The van der Waals surface area contributed by atoms with E-state index in [0.29, 0.717) is 5.57 Å². The lowest BCUT2D eigenvalue weighted by molar-refractivity contribution is -0.906. The summed E-state index contributed by atoms with van der Waals surface area (Å²) in [7, 11) is 0. The number of hydrogen-bond donors (Lipinski definition) is 2. The van der Waals surface area contributed by atoms with E-state index in [-0.39, 0.29) is 11.3 Å². The standard InChI is InChI=1S/C20H24N4OS/c1-4-7-24-8-5-20(6-9-24)14(11-21)18(22)25-16-15-12(2)10-13(3)23-19(15)26-17(16)20/h10H,4-9,22H2,1-3H3/p+1. The first-order valence-corrected chi connectivity index (χ1v) is 10.1. The fourth-order valence-electron chi connectivity index (χ4n) is 4.60. The Morgan fingerprint density at radius 2 is 2.12 bits per heavy atom. The number of fused-ring (bicyclic) bond motifs is 4. The number of nitrogens with two attached hydrogens (primary N) is 1. The van der Waals surface area contributed by atoms with Gasteiger partial charge in [-0.1, -0.05) is 6.92 Å². The summed E-state index contributed by atoms with van der Waals surface area (Å²) in [4.78, 5) is 8.49. The van der Waals surface area contributed by atoms with Crippen molar-refractivity contribution in [2.45, 2.75) is 45.4 Å². The van der Waals surface area contributed by atoms with Crippen LogP contribution >= 0.6 is 11.3 Å². The van der Waals surface area contributed by atoms with Gasteiger partial charge in [0.05, 0.1) is 35.3 Å². The minimum atomic E-state index is -0.310. The summed E-state index contributed by atoms with van der Waals surface area (Å²) < 4.78 is 6.01. The molecular formula is C20H25N4OS+. The summed E-state index contributed by atoms with van der Waals surface area (Å²) in [6.07, 6.45) is 3.06. The van der Waals surface area contributed by atoms with Crippen molar-refractivity contribution in [1.82, 2.24) is 4.98 Å². The van der Waals surface area contributed by atoms with E-state index in [1.165, 1.54) is 13.0 Å². The molecule has 5 nitrogen and oxygen atoms in total. The summed E-state index contributed by atoms with van der Waals surface area (Å²) in [6, 6.07) is 4.46. The molecule has 0 bridgehead atoms. The Hall–Kier alpha value is -2.10. The number of aromatic nitrogens is 1. The zero-order valence-corrected chi connectivity index (χ0v) is 16.4. The molecule has 2 aromatic rings. The van der Waals surface area contributed by atoms with Crippen LogP contribution in [0.4, 0.5) is 0 Å². The molecule has 2 aliphatic heterocycles. The number of piperidine rings is 1. The average Bonchev–Trinajstić information content (AvgIpc) is 2.96. The van der Waals surface area contributed by atoms with Gasteiger partial charge in [-0.2, -0.15) is 5.26 Å². The van der Waals surface area contributed by atoms with Crippen LogP contribution in [0.2, 0.25) is 0 Å². The molecular weight excluding hydrogens is 344 g/mol. The average molecular weight is 370 g/mol. The lowest BCUT2D eigenvalue weighted by atomic mass is 9.70. The number of aryl methyl sites for hydroxylation is 2. The van der Waals surface area contributed by atoms with Crippen molar-refractivity contribution in [1.29, 1.82) is 5.26 Å². The van der Waals surface area contributed by atoms with Gasteiger partial charge in [-0.25, -0.2) is 4.98 Å². The molecule has 6 heteroatoms. The molecule has 26 heavy (non-hydrogen) atoms. The number of pyridine rings is 1. The first-order valence-electron chi connectivity index (χ1n) is 9.33. The molecule has 136 valence electrons. The number of quaternary nitrogens is 1. The van der Waals surface area contributed by atoms with Crippen molar-refractivity contribution in [2.75, 3.05) is 19.6 Å². The van der Waals surface area contributed by atoms with Crippen LogP contribution in [0.25, 0.3) is 10.2 Å². The Labute approximate surface area is 158 Å². The van der Waals surface area contributed by atoms with E-state index in [1.54, 1.807) is 16.2 Å². The number of ether oxygens (including phenoxy) is 1. The van der Waals surface area contributed by atoms with Crippen LogP contribution in [-0.2, 0) is 5.41 Å². The Morgan fingerprint density at radius 3 is 2.77 bits per heavy atom. The Kier molecular flexibility index (Phi) is 4.17. The van der Waals surface area contributed by atoms with Crippen LogP contribution in [0.15, 0.2) is 17.5 Å². The Morgan fingerprint density at radius 1 is 1.38 bits per heavy atom. The minimum Gasteiger partial charge on any atom is -0.439 e. The summed E-state index contributed by atoms with van der Waals surface area (Å²) in [5, 5.41) is 10.9. The summed E-state index contributed by atoms with van der Waals surface area (Å²) in [5.74, 6) is 1.11. The van der Waals surface area contributed by atoms with Crippen LogP contribution in [-0.4, -0.2) is 24.6 Å². The predicted molar refractivity (Wildman–Crippen MR) is 103 cm³/mol. The highest BCUT2D eigenvalue weighted by Gasteiger charge is 2.49. The maximum atomic E-state index is 9.86. The van der Waals surface area contributed by atoms with Crippen LogP contribution in [0.3, 0.4) is 0 Å². The van der Waals surface area contributed by atoms with E-state index in [9.17, 15) is 5.26 Å². The van der Waals surface area contributed by atoms with E-state index >= 15 is 0 Å². The maximum absolute atomic E-state index is 9.86. The summed E-state index contributed by atoms with van der Waals surface area (Å²) >= 11 is 1.68. The van der Waals surface area contributed by atoms with Gasteiger partial charge in [0.2, 0.25) is 5.88 Å². The lowest BCUT2D eigenvalue weighted by Gasteiger charge is -2.41. The molecule has 0 aromatic carbocycles. The fraction of sp³-hybridized carbons (Fsp3) is 0.500. The molecule has 0 aliphatic carbocycles. The van der Waals surface area contributed by atoms with Gasteiger partial charge in [-0.3, -0.25) is 0 Å². The molecule has 0 saturated carbocycles. The van der Waals surface area contributed by atoms with Gasteiger partial charge in [-0.15, -0.1) is 11.3 Å². The molecule has 1 spiro atoms. The molecule has 3 N–H and O–H groups in total. The second-order valence-corrected chi connectivity index (χ2v) is 8.56. The number of thiophene rings is 1. The first kappa shape index (κ1) is 17.3. The highest BCUT2D eigenvalue weighted by atomic mass is 32.1. The molecule has 2 aliphatic rings. The van der Waals surface area contributed by atoms with Gasteiger partial charge < -0.3 is 15.4 Å². The molecule has 4 rings (SSSR count). The first-order chi connectivity index (χ1) is 12.5. The predicted octanol–water partition coefficient (Wildman–Crippen LogP) is 2.33. The third kappa shape index (κ3) is 2.42. The molecule has 0 amide bonds. The van der Waals surface area contributed by atoms with Gasteiger partial charge in [-0.05, 0) is 31.9 Å². The van der Waals surface area contributed by atoms with Crippen molar-refractivity contribution in [3.63, 3.8) is 0 Å². The van der Waals surface area contributed by atoms with Crippen molar-refractivity contribution < 1.29 is 9.64 Å². The molecule has 4 heterocycles. The highest BCUT2D eigenvalue weighted by molar-refractivity contribution is 7.19. The number of allylic oxidation sites excluding steroid dienone is 1. The zero-order valence-electron chi connectivity index (χ0n) is 15.6. The molecule has 1 fully saturated rings. The van der Waals surface area contributed by atoms with Gasteiger partial charge >= 0.3 is 0 Å². The Bertz CT molecular complexity index is 945. The van der Waals surface area contributed by atoms with Crippen LogP contribution in [0.1, 0.15) is 42.3 Å². The number of nitrogens with zero attached hydrogens (tertiary/aromatic N) is 2. The van der Waals surface area contributed by atoms with Crippen molar-refractivity contribution in [3.05, 3.63) is 33.7 Å². The molecule has 0 atom stereocenters. The van der Waals surface area contributed by atoms with Crippen molar-refractivity contribution in [3.8, 4) is 11.8 Å². The topological polar surface area (TPSA) is 76.4 Å². The van der Waals surface area contributed by atoms with E-state index in [0.717, 1.165) is 58.0 Å². The van der Waals surface area contributed by atoms with Gasteiger partial charge in [0.15, 0.2) is 5.75 Å². The van der Waals surface area contributed by atoms with Gasteiger partial charge in [0, 0.05) is 18.5 Å². The Balaban J connectivity index is 1.89. The number of nitriles is 1. The number of hydrogen-bond acceptors (Lipinski definition) is 5. The maximum Gasteiger partial charge on any atom is 0.205 e. The minimum absolute atomic E-state index is 0.276. The summed E-state index contributed by atoms with van der Waals surface area (Å²) in [6.45, 7) is 9.64. The van der Waals surface area contributed by atoms with Crippen molar-refractivity contribution in [2.24, 2.45) is 5.73 Å². The van der Waals surface area contributed by atoms with Gasteiger partial charge in [0.25, 0.3) is 0 Å². The van der Waals surface area contributed by atoms with Crippen molar-refractivity contribution >= 4 is 21.6 Å². The molecule has 0 unspecified atom stereocenters. The third-order valence-electron chi connectivity index (χ3n) is 5.84. The number of rotatable bonds is 2. The summed E-state index contributed by atoms with van der Waals surface area (Å²) in [5.41, 5.74) is 8.71. The molecule has 0 radical (unpaired) electrons. The zero-order chi connectivity index (χ0) is 18.5. The fourth-order valence-corrected chi connectivity index (χ4v) is 6.08. The quantitative estimate of drug-likeness (QED) is 0.852. The SMILES string of the molecule is CCC[NH+]1CCC2(CC1)C(C#N)=C(N)Oc1c2sc2nc(C)cc(C)c12. The second kappa shape index (κ2) is 6.26. The van der Waals surface area contributed by atoms with Crippen LogP contribution in [0.5, 0.6) is 5.75 Å². The van der Waals surface area contributed by atoms with E-state index in [4.69, 9.17) is 15.5 Å². The lowest BCUT2D eigenvalue weighted by Crippen LogP contribution is -3.13. The van der Waals surface area contributed by atoms with Crippen LogP contribution < -0.4 is 15.4 Å². The van der Waals surface area contributed by atoms with Gasteiger partial charge in [0.1, 0.15) is 16.5 Å². The number of nitrogens with one attached hydrogen (secondary N) is 1. The highest BCUT2D eigenvalue weighted by Crippen LogP contribution is 2.54. The van der Waals surface area contributed by atoms with E-state index in [2.05, 4.69) is 26.0 Å². The third-order valence-corrected chi connectivity index (χ3v) is 7.11.